The van der Waals surface area contributed by atoms with Crippen LogP contribution in [0.2, 0.25) is 5.02 Å². The minimum Gasteiger partial charge on any atom is -0.477 e. The van der Waals surface area contributed by atoms with Crippen LogP contribution in [0.15, 0.2) is 71.8 Å². The van der Waals surface area contributed by atoms with Crippen LogP contribution in [0.1, 0.15) is 33.7 Å². The van der Waals surface area contributed by atoms with E-state index in [-0.39, 0.29) is 17.0 Å². The molecule has 0 saturated heterocycles. The number of thiophene rings is 1. The van der Waals surface area contributed by atoms with Crippen LogP contribution < -0.4 is 5.56 Å². The Labute approximate surface area is 240 Å². The Hall–Kier alpha value is -4.88. The highest BCUT2D eigenvalue weighted by molar-refractivity contribution is 7.12. The molecule has 0 fully saturated rings. The molecule has 5 aromatic rings. The Morgan fingerprint density at radius 2 is 2.07 bits per heavy atom. The van der Waals surface area contributed by atoms with E-state index in [2.05, 4.69) is 27.1 Å². The van der Waals surface area contributed by atoms with Gasteiger partial charge in [0.1, 0.15) is 23.6 Å². The van der Waals surface area contributed by atoms with Gasteiger partial charge in [0.25, 0.3) is 5.56 Å². The maximum atomic E-state index is 13.6. The number of rotatable bonds is 7. The average molecular weight is 590 g/mol. The third kappa shape index (κ3) is 4.74. The lowest BCUT2D eigenvalue weighted by Gasteiger charge is -2.18. The largest absolute Gasteiger partial charge is 0.477 e. The number of pyridine rings is 1. The highest BCUT2D eigenvalue weighted by Gasteiger charge is 2.32. The molecule has 0 bridgehead atoms. The van der Waals surface area contributed by atoms with Crippen molar-refractivity contribution in [3.05, 3.63) is 98.7 Å². The number of imidazole rings is 1. The highest BCUT2D eigenvalue weighted by atomic mass is 35.5. The summed E-state index contributed by atoms with van der Waals surface area (Å²) < 4.78 is 9.75. The van der Waals surface area contributed by atoms with Crippen molar-refractivity contribution in [2.24, 2.45) is 0 Å². The van der Waals surface area contributed by atoms with E-state index in [1.165, 1.54) is 40.0 Å². The first-order chi connectivity index (χ1) is 19.9. The lowest BCUT2D eigenvalue weighted by molar-refractivity contribution is 0.0702. The van der Waals surface area contributed by atoms with Gasteiger partial charge in [-0.15, -0.1) is 16.4 Å². The number of fused-ring (bicyclic) bond motifs is 1. The molecule has 1 aliphatic heterocycles. The smallest absolute Gasteiger partial charge is 0.420 e. The number of ether oxygens (including phenoxy) is 1. The van der Waals surface area contributed by atoms with Crippen molar-refractivity contribution in [2.75, 3.05) is 6.61 Å². The Balaban J connectivity index is 1.44. The molecule has 12 nitrogen and oxygen atoms in total. The van der Waals surface area contributed by atoms with Gasteiger partial charge in [0.05, 0.1) is 23.6 Å². The van der Waals surface area contributed by atoms with Gasteiger partial charge in [-0.1, -0.05) is 24.3 Å². The molecule has 0 spiro atoms. The van der Waals surface area contributed by atoms with Crippen molar-refractivity contribution in [3.63, 3.8) is 0 Å². The number of aromatic nitrogens is 7. The Morgan fingerprint density at radius 3 is 2.80 bits per heavy atom. The van der Waals surface area contributed by atoms with Crippen molar-refractivity contribution in [2.45, 2.75) is 18.9 Å². The minimum absolute atomic E-state index is 0.0340. The normalized spacial score (nSPS) is 14.1. The SMILES string of the molecule is C=CCOC(=O)n1c(-c2csc(C(=O)O)c2)cnc1[C@@H]1CCc2cc(-c3cc(Cl)ccc3-n3cnnn3)cc(=O)n21. The van der Waals surface area contributed by atoms with Gasteiger partial charge in [-0.2, -0.15) is 4.68 Å². The molecule has 0 unspecified atom stereocenters. The molecule has 206 valence electrons. The quantitative estimate of drug-likeness (QED) is 0.271. The number of nitrogens with zero attached hydrogens (tertiary/aromatic N) is 7. The van der Waals surface area contributed by atoms with Gasteiger partial charge in [0.15, 0.2) is 0 Å². The standard InChI is InChI=1S/C27H20ClN7O5S/c1-2-7-40-27(39)35-22(16-9-23(26(37)38)41-13-16)12-29-25(35)21-6-4-18-8-15(10-24(36)34(18)21)19-11-17(28)3-5-20(19)33-14-30-31-32-33/h2-3,5,8-14,21H,1,4,6-7H2,(H,37,38)/t21-/m0/s1. The van der Waals surface area contributed by atoms with Crippen LogP contribution in [0.5, 0.6) is 0 Å². The summed E-state index contributed by atoms with van der Waals surface area (Å²) in [6, 6.07) is 9.56. The van der Waals surface area contributed by atoms with Gasteiger partial charge < -0.3 is 14.4 Å². The number of aryl methyl sites for hydroxylation is 1. The van der Waals surface area contributed by atoms with E-state index in [1.807, 2.05) is 6.07 Å². The lowest BCUT2D eigenvalue weighted by atomic mass is 10.0. The maximum Gasteiger partial charge on any atom is 0.420 e. The van der Waals surface area contributed by atoms with Crippen LogP contribution in [0.3, 0.4) is 0 Å². The molecule has 5 heterocycles. The first kappa shape index (κ1) is 26.3. The van der Waals surface area contributed by atoms with Crippen molar-refractivity contribution in [3.8, 4) is 28.1 Å². The predicted octanol–water partition coefficient (Wildman–Crippen LogP) is 4.47. The molecule has 0 aliphatic carbocycles. The first-order valence-corrected chi connectivity index (χ1v) is 13.6. The predicted molar refractivity (Wildman–Crippen MR) is 150 cm³/mol. The number of hydrogen-bond donors (Lipinski definition) is 1. The van der Waals surface area contributed by atoms with E-state index in [0.29, 0.717) is 51.8 Å². The van der Waals surface area contributed by atoms with Crippen LogP contribution in [0, 0.1) is 0 Å². The van der Waals surface area contributed by atoms with Crippen LogP contribution in [0.4, 0.5) is 4.79 Å². The molecule has 14 heteroatoms. The number of halogens is 1. The number of carboxylic acids is 1. The van der Waals surface area contributed by atoms with Crippen LogP contribution in [0.25, 0.3) is 28.1 Å². The van der Waals surface area contributed by atoms with E-state index in [9.17, 15) is 19.5 Å². The van der Waals surface area contributed by atoms with E-state index >= 15 is 0 Å². The van der Waals surface area contributed by atoms with Crippen LogP contribution in [-0.4, -0.2) is 58.1 Å². The molecule has 1 aliphatic rings. The third-order valence-corrected chi connectivity index (χ3v) is 7.85. The van der Waals surface area contributed by atoms with Crippen molar-refractivity contribution < 1.29 is 19.4 Å². The zero-order valence-corrected chi connectivity index (χ0v) is 22.7. The number of carbonyl (C=O) groups is 2. The van der Waals surface area contributed by atoms with Crippen LogP contribution >= 0.6 is 22.9 Å². The minimum atomic E-state index is -1.07. The maximum absolute atomic E-state index is 13.6. The van der Waals surface area contributed by atoms with Gasteiger partial charge >= 0.3 is 12.1 Å². The zero-order valence-electron chi connectivity index (χ0n) is 21.2. The number of hydrogen-bond acceptors (Lipinski definition) is 9. The van der Waals surface area contributed by atoms with Gasteiger partial charge in [0.2, 0.25) is 0 Å². The highest BCUT2D eigenvalue weighted by Crippen LogP contribution is 2.36. The van der Waals surface area contributed by atoms with Crippen molar-refractivity contribution in [1.29, 1.82) is 0 Å². The molecule has 41 heavy (non-hydrogen) atoms. The molecule has 1 aromatic carbocycles. The van der Waals surface area contributed by atoms with E-state index < -0.39 is 18.1 Å². The van der Waals surface area contributed by atoms with E-state index in [1.54, 1.807) is 28.1 Å². The number of aromatic carboxylic acids is 1. The molecular weight excluding hydrogens is 570 g/mol. The molecule has 0 saturated carbocycles. The van der Waals surface area contributed by atoms with Gasteiger partial charge in [-0.3, -0.25) is 4.79 Å². The summed E-state index contributed by atoms with van der Waals surface area (Å²) >= 11 is 7.34. The fourth-order valence-electron chi connectivity index (χ4n) is 4.98. The lowest BCUT2D eigenvalue weighted by Crippen LogP contribution is -2.27. The van der Waals surface area contributed by atoms with Gasteiger partial charge in [-0.25, -0.2) is 19.1 Å². The van der Waals surface area contributed by atoms with E-state index in [0.717, 1.165) is 17.0 Å². The Bertz CT molecular complexity index is 1870. The Kier molecular flexibility index (Phi) is 6.81. The summed E-state index contributed by atoms with van der Waals surface area (Å²) in [6.07, 6.45) is 4.72. The molecule has 4 aromatic heterocycles. The van der Waals surface area contributed by atoms with E-state index in [4.69, 9.17) is 16.3 Å². The monoisotopic (exact) mass is 589 g/mol. The molecule has 6 rings (SSSR count). The zero-order chi connectivity index (χ0) is 28.7. The molecule has 1 N–H and O–H groups in total. The van der Waals surface area contributed by atoms with Crippen molar-refractivity contribution >= 4 is 35.0 Å². The first-order valence-electron chi connectivity index (χ1n) is 12.3. The molecule has 0 amide bonds. The fourth-order valence-corrected chi connectivity index (χ4v) is 5.89. The van der Waals surface area contributed by atoms with Gasteiger partial charge in [0, 0.05) is 33.3 Å². The molecule has 0 radical (unpaired) electrons. The second kappa shape index (κ2) is 10.6. The van der Waals surface area contributed by atoms with Crippen LogP contribution in [-0.2, 0) is 11.2 Å². The summed E-state index contributed by atoms with van der Waals surface area (Å²) in [5, 5.41) is 22.9. The third-order valence-electron chi connectivity index (χ3n) is 6.70. The number of carboxylic acid groups (broad SMARTS) is 1. The molecular formula is C27H20ClN7O5S. The molecule has 1 atom stereocenters. The number of carbonyl (C=O) groups excluding carboxylic acids is 1. The fraction of sp³-hybridized carbons (Fsp3) is 0.148. The summed E-state index contributed by atoms with van der Waals surface area (Å²) in [6.45, 7) is 3.55. The summed E-state index contributed by atoms with van der Waals surface area (Å²) in [5.41, 5.74) is 3.29. The number of benzene rings is 1. The summed E-state index contributed by atoms with van der Waals surface area (Å²) in [5.74, 6) is -0.764. The van der Waals surface area contributed by atoms with Crippen molar-refractivity contribution in [1.82, 2.24) is 34.3 Å². The summed E-state index contributed by atoms with van der Waals surface area (Å²) in [7, 11) is 0. The second-order valence-electron chi connectivity index (χ2n) is 9.12. The average Bonchev–Trinajstić information content (AvgIpc) is 3.77. The van der Waals surface area contributed by atoms with Gasteiger partial charge in [-0.05, 0) is 59.2 Å². The topological polar surface area (TPSA) is 147 Å². The number of tetrazole rings is 1. The summed E-state index contributed by atoms with van der Waals surface area (Å²) in [4.78, 5) is 43.0. The Morgan fingerprint density at radius 1 is 1.22 bits per heavy atom. The second-order valence-corrected chi connectivity index (χ2v) is 10.5.